The van der Waals surface area contributed by atoms with Crippen LogP contribution in [0.1, 0.15) is 33.6 Å². The lowest BCUT2D eigenvalue weighted by Crippen LogP contribution is -2.41. The molecular weight excluding hydrogens is 170 g/mol. The van der Waals surface area contributed by atoms with Crippen LogP contribution in [0.4, 0.5) is 0 Å². The van der Waals surface area contributed by atoms with Gasteiger partial charge < -0.3 is 10.4 Å². The number of carboxylic acids is 1. The number of rotatable bonds is 5. The minimum Gasteiger partial charge on any atom is -0.480 e. The number of aliphatic carboxylic acids is 1. The molecule has 0 aromatic rings. The van der Waals surface area contributed by atoms with Crippen LogP contribution in [-0.2, 0) is 9.59 Å². The normalized spacial score (nSPS) is 14.7. The number of hydrogen-bond donors (Lipinski definition) is 2. The summed E-state index contributed by atoms with van der Waals surface area (Å²) < 4.78 is 0. The van der Waals surface area contributed by atoms with Gasteiger partial charge in [0.2, 0.25) is 5.91 Å². The molecule has 0 aromatic heterocycles. The van der Waals surface area contributed by atoms with E-state index in [-0.39, 0.29) is 11.8 Å². The molecule has 0 saturated heterocycles. The van der Waals surface area contributed by atoms with Gasteiger partial charge in [-0.15, -0.1) is 0 Å². The average molecular weight is 187 g/mol. The molecule has 2 unspecified atom stereocenters. The first-order valence-corrected chi connectivity index (χ1v) is 4.52. The molecule has 0 saturated carbocycles. The zero-order valence-electron chi connectivity index (χ0n) is 8.33. The minimum absolute atomic E-state index is 0.105. The van der Waals surface area contributed by atoms with Crippen molar-refractivity contribution in [2.24, 2.45) is 5.92 Å². The Morgan fingerprint density at radius 3 is 2.31 bits per heavy atom. The summed E-state index contributed by atoms with van der Waals surface area (Å²) in [5.74, 6) is -1.29. The van der Waals surface area contributed by atoms with E-state index in [2.05, 4.69) is 5.32 Å². The Kier molecular flexibility index (Phi) is 5.11. The van der Waals surface area contributed by atoms with Gasteiger partial charge in [0.25, 0.3) is 0 Å². The fraction of sp³-hybridized carbons (Fsp3) is 0.778. The second-order valence-electron chi connectivity index (χ2n) is 3.26. The predicted octanol–water partition coefficient (Wildman–Crippen LogP) is 1.01. The van der Waals surface area contributed by atoms with E-state index in [0.29, 0.717) is 0 Å². The topological polar surface area (TPSA) is 66.4 Å². The lowest BCUT2D eigenvalue weighted by atomic mass is 10.1. The molecule has 13 heavy (non-hydrogen) atoms. The third-order valence-corrected chi connectivity index (χ3v) is 1.90. The molecule has 76 valence electrons. The summed E-state index contributed by atoms with van der Waals surface area (Å²) >= 11 is 0. The first kappa shape index (κ1) is 11.9. The third kappa shape index (κ3) is 4.50. The van der Waals surface area contributed by atoms with Gasteiger partial charge >= 0.3 is 5.97 Å². The van der Waals surface area contributed by atoms with Crippen molar-refractivity contribution in [3.8, 4) is 0 Å². The third-order valence-electron chi connectivity index (χ3n) is 1.90. The Morgan fingerprint density at radius 1 is 1.38 bits per heavy atom. The molecule has 0 heterocycles. The fourth-order valence-corrected chi connectivity index (χ4v) is 0.981. The molecular formula is C9H17NO3. The summed E-state index contributed by atoms with van der Waals surface area (Å²) in [6.45, 7) is 5.25. The Labute approximate surface area is 78.3 Å². The second-order valence-corrected chi connectivity index (χ2v) is 3.26. The van der Waals surface area contributed by atoms with Gasteiger partial charge in [0.1, 0.15) is 6.04 Å². The maximum absolute atomic E-state index is 11.3. The molecule has 0 bridgehead atoms. The smallest absolute Gasteiger partial charge is 0.325 e. The summed E-state index contributed by atoms with van der Waals surface area (Å²) in [6, 6.07) is -0.799. The average Bonchev–Trinajstić information content (AvgIpc) is 2.04. The highest BCUT2D eigenvalue weighted by molar-refractivity contribution is 5.84. The van der Waals surface area contributed by atoms with E-state index in [1.54, 1.807) is 6.92 Å². The molecule has 1 amide bonds. The van der Waals surface area contributed by atoms with Crippen LogP contribution >= 0.6 is 0 Å². The van der Waals surface area contributed by atoms with Gasteiger partial charge in [0.05, 0.1) is 0 Å². The molecule has 0 aliphatic rings. The van der Waals surface area contributed by atoms with E-state index in [1.165, 1.54) is 6.92 Å². The van der Waals surface area contributed by atoms with Gasteiger partial charge in [0, 0.05) is 5.92 Å². The lowest BCUT2D eigenvalue weighted by molar-refractivity contribution is -0.141. The molecule has 0 aliphatic carbocycles. The standard InChI is InChI=1S/C9H17NO3/c1-4-5-6(2)8(11)10-7(3)9(12)13/h6-7H,4-5H2,1-3H3,(H,10,11)(H,12,13). The molecule has 2 N–H and O–H groups in total. The van der Waals surface area contributed by atoms with Crippen LogP contribution in [0.2, 0.25) is 0 Å². The molecule has 4 heteroatoms. The lowest BCUT2D eigenvalue weighted by Gasteiger charge is -2.13. The van der Waals surface area contributed by atoms with Crippen molar-refractivity contribution in [3.63, 3.8) is 0 Å². The van der Waals surface area contributed by atoms with Crippen molar-refractivity contribution in [1.29, 1.82) is 0 Å². The van der Waals surface area contributed by atoms with E-state index >= 15 is 0 Å². The predicted molar refractivity (Wildman–Crippen MR) is 49.3 cm³/mol. The Bertz CT molecular complexity index is 191. The maximum atomic E-state index is 11.3. The molecule has 2 atom stereocenters. The number of carboxylic acid groups (broad SMARTS) is 1. The Hall–Kier alpha value is -1.06. The van der Waals surface area contributed by atoms with Gasteiger partial charge in [-0.05, 0) is 13.3 Å². The zero-order valence-corrected chi connectivity index (χ0v) is 8.33. The molecule has 0 aliphatic heterocycles. The van der Waals surface area contributed by atoms with Gasteiger partial charge in [0.15, 0.2) is 0 Å². The molecule has 0 aromatic carbocycles. The van der Waals surface area contributed by atoms with Crippen molar-refractivity contribution in [3.05, 3.63) is 0 Å². The quantitative estimate of drug-likeness (QED) is 0.675. The summed E-state index contributed by atoms with van der Waals surface area (Å²) in [5.41, 5.74) is 0. The molecule has 0 radical (unpaired) electrons. The van der Waals surface area contributed by atoms with Crippen molar-refractivity contribution in [2.75, 3.05) is 0 Å². The minimum atomic E-state index is -1.00. The Balaban J connectivity index is 3.92. The van der Waals surface area contributed by atoms with Crippen LogP contribution in [0.3, 0.4) is 0 Å². The van der Waals surface area contributed by atoms with Crippen molar-refractivity contribution >= 4 is 11.9 Å². The summed E-state index contributed by atoms with van der Waals surface area (Å²) in [4.78, 5) is 21.7. The van der Waals surface area contributed by atoms with E-state index in [0.717, 1.165) is 12.8 Å². The molecule has 4 nitrogen and oxygen atoms in total. The first-order valence-electron chi connectivity index (χ1n) is 4.52. The van der Waals surface area contributed by atoms with Gasteiger partial charge in [-0.3, -0.25) is 9.59 Å². The van der Waals surface area contributed by atoms with Crippen LogP contribution in [0.15, 0.2) is 0 Å². The largest absolute Gasteiger partial charge is 0.480 e. The van der Waals surface area contributed by atoms with Crippen LogP contribution in [0.5, 0.6) is 0 Å². The van der Waals surface area contributed by atoms with Crippen LogP contribution in [0.25, 0.3) is 0 Å². The van der Waals surface area contributed by atoms with Crippen LogP contribution in [0, 0.1) is 5.92 Å². The molecule has 0 fully saturated rings. The molecule has 0 spiro atoms. The van der Waals surface area contributed by atoms with E-state index in [4.69, 9.17) is 5.11 Å². The van der Waals surface area contributed by atoms with Gasteiger partial charge in [-0.1, -0.05) is 20.3 Å². The summed E-state index contributed by atoms with van der Waals surface area (Å²) in [6.07, 6.45) is 1.72. The van der Waals surface area contributed by atoms with E-state index in [9.17, 15) is 9.59 Å². The number of amides is 1. The second kappa shape index (κ2) is 5.56. The number of carbonyl (C=O) groups excluding carboxylic acids is 1. The first-order chi connectivity index (χ1) is 5.99. The number of hydrogen-bond acceptors (Lipinski definition) is 2. The molecule has 0 rings (SSSR count). The van der Waals surface area contributed by atoms with E-state index in [1.807, 2.05) is 6.92 Å². The number of carbonyl (C=O) groups is 2. The summed E-state index contributed by atoms with van der Waals surface area (Å²) in [7, 11) is 0. The monoisotopic (exact) mass is 187 g/mol. The summed E-state index contributed by atoms with van der Waals surface area (Å²) in [5, 5.41) is 11.0. The van der Waals surface area contributed by atoms with E-state index < -0.39 is 12.0 Å². The zero-order chi connectivity index (χ0) is 10.4. The number of nitrogens with one attached hydrogen (secondary N) is 1. The highest BCUT2D eigenvalue weighted by atomic mass is 16.4. The highest BCUT2D eigenvalue weighted by Gasteiger charge is 2.17. The van der Waals surface area contributed by atoms with Gasteiger partial charge in [-0.25, -0.2) is 0 Å². The Morgan fingerprint density at radius 2 is 1.92 bits per heavy atom. The van der Waals surface area contributed by atoms with Crippen molar-refractivity contribution in [2.45, 2.75) is 39.7 Å². The van der Waals surface area contributed by atoms with Crippen molar-refractivity contribution < 1.29 is 14.7 Å². The highest BCUT2D eigenvalue weighted by Crippen LogP contribution is 2.04. The maximum Gasteiger partial charge on any atom is 0.325 e. The van der Waals surface area contributed by atoms with Crippen LogP contribution < -0.4 is 5.32 Å². The van der Waals surface area contributed by atoms with Crippen molar-refractivity contribution in [1.82, 2.24) is 5.32 Å². The van der Waals surface area contributed by atoms with Gasteiger partial charge in [-0.2, -0.15) is 0 Å². The van der Waals surface area contributed by atoms with Crippen LogP contribution in [-0.4, -0.2) is 23.0 Å². The SMILES string of the molecule is CCCC(C)C(=O)NC(C)C(=O)O. The fourth-order valence-electron chi connectivity index (χ4n) is 0.981.